The number of hydrogen-bond acceptors (Lipinski definition) is 3. The van der Waals surface area contributed by atoms with E-state index in [9.17, 15) is 5.11 Å². The van der Waals surface area contributed by atoms with Gasteiger partial charge in [-0.15, -0.1) is 0 Å². The zero-order chi connectivity index (χ0) is 13.7. The first-order valence-electron chi connectivity index (χ1n) is 7.38. The zero-order valence-electron chi connectivity index (χ0n) is 12.1. The Morgan fingerprint density at radius 2 is 1.79 bits per heavy atom. The van der Waals surface area contributed by atoms with Crippen molar-refractivity contribution in [2.75, 3.05) is 26.2 Å². The average molecular weight is 262 g/mol. The van der Waals surface area contributed by atoms with Gasteiger partial charge in [0.25, 0.3) is 0 Å². The third kappa shape index (κ3) is 4.30. The third-order valence-corrected chi connectivity index (χ3v) is 4.01. The summed E-state index contributed by atoms with van der Waals surface area (Å²) >= 11 is 0. The Morgan fingerprint density at radius 3 is 2.37 bits per heavy atom. The maximum Gasteiger partial charge on any atom is 0.0515 e. The second-order valence-electron chi connectivity index (χ2n) is 5.59. The standard InChI is InChI=1S/C16H26N2O/c1-13(19)3-4-15-5-7-16(8-6-15)14(2)18-11-9-17-10-12-18/h5-8,13-14,17,19H,3-4,9-12H2,1-2H3. The van der Waals surface area contributed by atoms with E-state index >= 15 is 0 Å². The predicted octanol–water partition coefficient (Wildman–Crippen LogP) is 1.97. The van der Waals surface area contributed by atoms with Crippen LogP contribution in [0.5, 0.6) is 0 Å². The molecule has 2 rings (SSSR count). The molecule has 0 bridgehead atoms. The van der Waals surface area contributed by atoms with Crippen molar-refractivity contribution in [1.29, 1.82) is 0 Å². The highest BCUT2D eigenvalue weighted by molar-refractivity contribution is 5.25. The summed E-state index contributed by atoms with van der Waals surface area (Å²) < 4.78 is 0. The molecule has 1 aromatic rings. The van der Waals surface area contributed by atoms with Gasteiger partial charge >= 0.3 is 0 Å². The van der Waals surface area contributed by atoms with Gasteiger partial charge in [-0.05, 0) is 37.8 Å². The molecule has 0 aromatic heterocycles. The van der Waals surface area contributed by atoms with E-state index < -0.39 is 0 Å². The molecule has 0 amide bonds. The number of aryl methyl sites for hydroxylation is 1. The Hall–Kier alpha value is -0.900. The Labute approximate surface area is 116 Å². The summed E-state index contributed by atoms with van der Waals surface area (Å²) in [6.07, 6.45) is 1.59. The van der Waals surface area contributed by atoms with Crippen molar-refractivity contribution in [3.8, 4) is 0 Å². The van der Waals surface area contributed by atoms with E-state index in [4.69, 9.17) is 0 Å². The van der Waals surface area contributed by atoms with Crippen LogP contribution in [0.1, 0.15) is 37.4 Å². The van der Waals surface area contributed by atoms with Crippen LogP contribution in [0.25, 0.3) is 0 Å². The van der Waals surface area contributed by atoms with Crippen LogP contribution >= 0.6 is 0 Å². The number of aliphatic hydroxyl groups is 1. The van der Waals surface area contributed by atoms with Gasteiger partial charge in [0.2, 0.25) is 0 Å². The lowest BCUT2D eigenvalue weighted by Crippen LogP contribution is -2.44. The number of hydrogen-bond donors (Lipinski definition) is 2. The molecule has 1 aliphatic heterocycles. The van der Waals surface area contributed by atoms with Crippen molar-refractivity contribution in [3.63, 3.8) is 0 Å². The molecule has 2 unspecified atom stereocenters. The van der Waals surface area contributed by atoms with E-state index in [0.717, 1.165) is 39.0 Å². The molecule has 0 aliphatic carbocycles. The highest BCUT2D eigenvalue weighted by Gasteiger charge is 2.17. The fourth-order valence-electron chi connectivity index (χ4n) is 2.62. The van der Waals surface area contributed by atoms with Crippen LogP contribution in [0.4, 0.5) is 0 Å². The summed E-state index contributed by atoms with van der Waals surface area (Å²) in [5, 5.41) is 12.7. The largest absolute Gasteiger partial charge is 0.393 e. The summed E-state index contributed by atoms with van der Waals surface area (Å²) in [5.74, 6) is 0. The molecule has 19 heavy (non-hydrogen) atoms. The smallest absolute Gasteiger partial charge is 0.0515 e. The van der Waals surface area contributed by atoms with Crippen molar-refractivity contribution >= 4 is 0 Å². The summed E-state index contributed by atoms with van der Waals surface area (Å²) in [6.45, 7) is 8.58. The number of piperazine rings is 1. The van der Waals surface area contributed by atoms with Gasteiger partial charge in [0, 0.05) is 32.2 Å². The molecule has 1 heterocycles. The van der Waals surface area contributed by atoms with Gasteiger partial charge in [-0.1, -0.05) is 24.3 Å². The SMILES string of the molecule is CC(O)CCc1ccc(C(C)N2CCNCC2)cc1. The molecule has 3 nitrogen and oxygen atoms in total. The maximum atomic E-state index is 9.31. The van der Waals surface area contributed by atoms with E-state index in [-0.39, 0.29) is 6.10 Å². The Balaban J connectivity index is 1.93. The molecule has 1 aliphatic rings. The normalized spacial score (nSPS) is 20.2. The molecule has 1 saturated heterocycles. The molecule has 2 N–H and O–H groups in total. The van der Waals surface area contributed by atoms with Gasteiger partial charge in [-0.3, -0.25) is 4.90 Å². The molecule has 1 fully saturated rings. The highest BCUT2D eigenvalue weighted by Crippen LogP contribution is 2.21. The van der Waals surface area contributed by atoms with Crippen molar-refractivity contribution in [1.82, 2.24) is 10.2 Å². The Kier molecular flexibility index (Phi) is 5.37. The fourth-order valence-corrected chi connectivity index (χ4v) is 2.62. The van der Waals surface area contributed by atoms with Gasteiger partial charge in [-0.25, -0.2) is 0 Å². The minimum Gasteiger partial charge on any atom is -0.393 e. The second kappa shape index (κ2) is 7.04. The summed E-state index contributed by atoms with van der Waals surface area (Å²) in [6, 6.07) is 9.38. The van der Waals surface area contributed by atoms with Crippen LogP contribution in [0.15, 0.2) is 24.3 Å². The quantitative estimate of drug-likeness (QED) is 0.851. The van der Waals surface area contributed by atoms with Gasteiger partial charge in [0.05, 0.1) is 6.10 Å². The summed E-state index contributed by atoms with van der Waals surface area (Å²) in [7, 11) is 0. The zero-order valence-corrected chi connectivity index (χ0v) is 12.1. The van der Waals surface area contributed by atoms with E-state index in [1.807, 2.05) is 6.92 Å². The van der Waals surface area contributed by atoms with Gasteiger partial charge in [0.15, 0.2) is 0 Å². The van der Waals surface area contributed by atoms with Crippen LogP contribution in [0.3, 0.4) is 0 Å². The molecular formula is C16H26N2O. The molecular weight excluding hydrogens is 236 g/mol. The first kappa shape index (κ1) is 14.5. The van der Waals surface area contributed by atoms with E-state index in [1.165, 1.54) is 11.1 Å². The van der Waals surface area contributed by atoms with Crippen LogP contribution in [-0.4, -0.2) is 42.3 Å². The first-order chi connectivity index (χ1) is 9.16. The van der Waals surface area contributed by atoms with E-state index in [1.54, 1.807) is 0 Å². The van der Waals surface area contributed by atoms with Crippen LogP contribution in [-0.2, 0) is 6.42 Å². The Morgan fingerprint density at radius 1 is 1.16 bits per heavy atom. The molecule has 0 radical (unpaired) electrons. The lowest BCUT2D eigenvalue weighted by Gasteiger charge is -2.33. The van der Waals surface area contributed by atoms with Gasteiger partial charge in [-0.2, -0.15) is 0 Å². The highest BCUT2D eigenvalue weighted by atomic mass is 16.3. The lowest BCUT2D eigenvalue weighted by atomic mass is 10.0. The van der Waals surface area contributed by atoms with Gasteiger partial charge in [0.1, 0.15) is 0 Å². The van der Waals surface area contributed by atoms with Gasteiger partial charge < -0.3 is 10.4 Å². The van der Waals surface area contributed by atoms with E-state index in [2.05, 4.69) is 41.4 Å². The van der Waals surface area contributed by atoms with Crippen molar-refractivity contribution in [3.05, 3.63) is 35.4 Å². The fraction of sp³-hybridized carbons (Fsp3) is 0.625. The number of nitrogens with one attached hydrogen (secondary N) is 1. The molecule has 0 spiro atoms. The monoisotopic (exact) mass is 262 g/mol. The van der Waals surface area contributed by atoms with Crippen molar-refractivity contribution < 1.29 is 5.11 Å². The molecule has 106 valence electrons. The first-order valence-corrected chi connectivity index (χ1v) is 7.38. The van der Waals surface area contributed by atoms with Crippen molar-refractivity contribution in [2.24, 2.45) is 0 Å². The topological polar surface area (TPSA) is 35.5 Å². The van der Waals surface area contributed by atoms with Crippen LogP contribution in [0, 0.1) is 0 Å². The number of nitrogens with zero attached hydrogens (tertiary/aromatic N) is 1. The molecule has 2 atom stereocenters. The predicted molar refractivity (Wildman–Crippen MR) is 79.3 cm³/mol. The Bertz CT molecular complexity index is 369. The number of rotatable bonds is 5. The summed E-state index contributed by atoms with van der Waals surface area (Å²) in [5.41, 5.74) is 2.71. The lowest BCUT2D eigenvalue weighted by molar-refractivity contribution is 0.184. The molecule has 1 aromatic carbocycles. The number of aliphatic hydroxyl groups excluding tert-OH is 1. The minimum atomic E-state index is -0.209. The summed E-state index contributed by atoms with van der Waals surface area (Å²) in [4.78, 5) is 2.53. The van der Waals surface area contributed by atoms with Crippen molar-refractivity contribution in [2.45, 2.75) is 38.8 Å². The average Bonchev–Trinajstić information content (AvgIpc) is 2.46. The van der Waals surface area contributed by atoms with Crippen LogP contribution < -0.4 is 5.32 Å². The molecule has 0 saturated carbocycles. The van der Waals surface area contributed by atoms with E-state index in [0.29, 0.717) is 6.04 Å². The minimum absolute atomic E-state index is 0.209. The third-order valence-electron chi connectivity index (χ3n) is 4.01. The maximum absolute atomic E-state index is 9.31. The van der Waals surface area contributed by atoms with Crippen LogP contribution in [0.2, 0.25) is 0 Å². The molecule has 3 heteroatoms. The second-order valence-corrected chi connectivity index (χ2v) is 5.59. The number of benzene rings is 1.